The van der Waals surface area contributed by atoms with Crippen LogP contribution in [0.2, 0.25) is 0 Å². The number of rotatable bonds is 5. The van der Waals surface area contributed by atoms with Crippen LogP contribution in [-0.4, -0.2) is 25.6 Å². The number of carbonyl (C=O) groups excluding carboxylic acids is 2. The molecule has 1 rings (SSSR count). The second-order valence-corrected chi connectivity index (χ2v) is 3.36. The minimum Gasteiger partial charge on any atom is -0.481 e. The van der Waals surface area contributed by atoms with Gasteiger partial charge in [0.15, 0.2) is 0 Å². The lowest BCUT2D eigenvalue weighted by molar-refractivity contribution is -0.135. The first-order valence-corrected chi connectivity index (χ1v) is 5.39. The van der Waals surface area contributed by atoms with Gasteiger partial charge in [-0.3, -0.25) is 4.79 Å². The summed E-state index contributed by atoms with van der Waals surface area (Å²) in [6.45, 7) is 0.188. The Morgan fingerprint density at radius 1 is 1.32 bits per heavy atom. The summed E-state index contributed by atoms with van der Waals surface area (Å²) >= 11 is 0. The first-order valence-electron chi connectivity index (χ1n) is 5.39. The zero-order valence-corrected chi connectivity index (χ0v) is 10.4. The van der Waals surface area contributed by atoms with Crippen LogP contribution in [-0.2, 0) is 14.3 Å². The summed E-state index contributed by atoms with van der Waals surface area (Å²) in [5, 5.41) is 2.58. The fourth-order valence-electron chi connectivity index (χ4n) is 1.16. The smallest absolute Gasteiger partial charge is 0.330 e. The Balaban J connectivity index is 2.53. The van der Waals surface area contributed by atoms with Gasteiger partial charge in [0.05, 0.1) is 7.11 Å². The lowest BCUT2D eigenvalue weighted by Gasteiger charge is -2.04. The second-order valence-electron chi connectivity index (χ2n) is 3.36. The molecule has 0 spiro atoms. The summed E-state index contributed by atoms with van der Waals surface area (Å²) in [6, 6.07) is 6.68. The first kappa shape index (κ1) is 14.3. The number of hydrogen-bond acceptors (Lipinski definition) is 4. The quantitative estimate of drug-likeness (QED) is 0.492. The van der Waals surface area contributed by atoms with E-state index in [9.17, 15) is 9.59 Å². The molecule has 19 heavy (non-hydrogen) atoms. The van der Waals surface area contributed by atoms with Crippen molar-refractivity contribution in [2.45, 2.75) is 0 Å². The molecule has 1 N–H and O–H groups in total. The van der Waals surface area contributed by atoms with E-state index in [1.807, 2.05) is 0 Å². The maximum absolute atomic E-state index is 11.4. The molecule has 0 bridgehead atoms. The molecule has 0 heterocycles. The van der Waals surface area contributed by atoms with Gasteiger partial charge >= 0.3 is 5.97 Å². The second kappa shape index (κ2) is 7.56. The average molecular weight is 259 g/mol. The van der Waals surface area contributed by atoms with Crippen molar-refractivity contribution in [3.8, 4) is 18.1 Å². The van der Waals surface area contributed by atoms with Crippen LogP contribution in [0.1, 0.15) is 0 Å². The normalized spacial score (nSPS) is 9.68. The molecule has 0 aromatic heterocycles. The molecule has 0 atom stereocenters. The predicted octanol–water partition coefficient (Wildman–Crippen LogP) is 1.37. The van der Waals surface area contributed by atoms with E-state index in [0.717, 1.165) is 12.2 Å². The molecular formula is C14H13NO4. The van der Waals surface area contributed by atoms with Crippen LogP contribution in [0.5, 0.6) is 5.75 Å². The molecule has 98 valence electrons. The highest BCUT2D eigenvalue weighted by Gasteiger charge is 2.00. The highest BCUT2D eigenvalue weighted by Crippen LogP contribution is 2.15. The van der Waals surface area contributed by atoms with E-state index >= 15 is 0 Å². The molecule has 1 amide bonds. The standard InChI is InChI=1S/C14H13NO4/c1-3-10-19-12-6-4-11(5-7-12)15-13(16)8-9-14(17)18-2/h1,4-9H,10H2,2H3,(H,15,16)/b9-8-. The lowest BCUT2D eigenvalue weighted by atomic mass is 10.3. The Hall–Kier alpha value is -2.74. The van der Waals surface area contributed by atoms with Crippen molar-refractivity contribution in [2.75, 3.05) is 19.0 Å². The Labute approximate surface area is 111 Å². The minimum absolute atomic E-state index is 0.188. The maximum atomic E-state index is 11.4. The number of terminal acetylenes is 1. The molecule has 5 heteroatoms. The highest BCUT2D eigenvalue weighted by atomic mass is 16.5. The van der Waals surface area contributed by atoms with Crippen molar-refractivity contribution >= 4 is 17.6 Å². The summed E-state index contributed by atoms with van der Waals surface area (Å²) in [6.07, 6.45) is 7.20. The van der Waals surface area contributed by atoms with Gasteiger partial charge in [-0.05, 0) is 24.3 Å². The predicted molar refractivity (Wildman–Crippen MR) is 70.6 cm³/mol. The fraction of sp³-hybridized carbons (Fsp3) is 0.143. The van der Waals surface area contributed by atoms with Gasteiger partial charge in [0.2, 0.25) is 5.91 Å². The first-order chi connectivity index (χ1) is 9.15. The zero-order chi connectivity index (χ0) is 14.1. The Bertz CT molecular complexity index is 511. The Morgan fingerprint density at radius 3 is 2.58 bits per heavy atom. The number of nitrogens with one attached hydrogen (secondary N) is 1. The fourth-order valence-corrected chi connectivity index (χ4v) is 1.16. The van der Waals surface area contributed by atoms with Crippen LogP contribution in [0.4, 0.5) is 5.69 Å². The van der Waals surface area contributed by atoms with Crippen molar-refractivity contribution < 1.29 is 19.1 Å². The SMILES string of the molecule is C#CCOc1ccc(NC(=O)/C=C\C(=O)OC)cc1. The molecular weight excluding hydrogens is 246 g/mol. The van der Waals surface area contributed by atoms with Crippen LogP contribution in [0, 0.1) is 12.3 Å². The summed E-state index contributed by atoms with van der Waals surface area (Å²) < 4.78 is 9.55. The number of amides is 1. The van der Waals surface area contributed by atoms with Crippen LogP contribution in [0.3, 0.4) is 0 Å². The van der Waals surface area contributed by atoms with Crippen molar-refractivity contribution in [1.29, 1.82) is 0 Å². The van der Waals surface area contributed by atoms with E-state index < -0.39 is 11.9 Å². The van der Waals surface area contributed by atoms with Crippen LogP contribution >= 0.6 is 0 Å². The van der Waals surface area contributed by atoms with Crippen LogP contribution < -0.4 is 10.1 Å². The van der Waals surface area contributed by atoms with Crippen molar-refractivity contribution in [3.05, 3.63) is 36.4 Å². The van der Waals surface area contributed by atoms with E-state index in [1.165, 1.54) is 7.11 Å². The van der Waals surface area contributed by atoms with E-state index in [-0.39, 0.29) is 6.61 Å². The van der Waals surface area contributed by atoms with Crippen molar-refractivity contribution in [2.24, 2.45) is 0 Å². The van der Waals surface area contributed by atoms with E-state index in [1.54, 1.807) is 24.3 Å². The number of benzene rings is 1. The van der Waals surface area contributed by atoms with Gasteiger partial charge in [-0.25, -0.2) is 4.79 Å². The van der Waals surface area contributed by atoms with E-state index in [4.69, 9.17) is 11.2 Å². The molecule has 0 saturated heterocycles. The third kappa shape index (κ3) is 5.41. The number of ether oxygens (including phenoxy) is 2. The topological polar surface area (TPSA) is 64.6 Å². The monoisotopic (exact) mass is 259 g/mol. The number of carbonyl (C=O) groups is 2. The molecule has 0 aliphatic heterocycles. The van der Waals surface area contributed by atoms with Gasteiger partial charge in [-0.2, -0.15) is 0 Å². The van der Waals surface area contributed by atoms with Crippen molar-refractivity contribution in [3.63, 3.8) is 0 Å². The zero-order valence-electron chi connectivity index (χ0n) is 10.4. The molecule has 0 radical (unpaired) electrons. The largest absolute Gasteiger partial charge is 0.481 e. The van der Waals surface area contributed by atoms with Crippen molar-refractivity contribution in [1.82, 2.24) is 0 Å². The van der Waals surface area contributed by atoms with Gasteiger partial charge in [-0.1, -0.05) is 5.92 Å². The third-order valence-electron chi connectivity index (χ3n) is 2.02. The molecule has 0 fully saturated rings. The van der Waals surface area contributed by atoms with Gasteiger partial charge in [0.1, 0.15) is 12.4 Å². The molecule has 1 aromatic rings. The Kier molecular flexibility index (Phi) is 5.70. The molecule has 1 aromatic carbocycles. The number of anilines is 1. The minimum atomic E-state index is -0.590. The van der Waals surface area contributed by atoms with Gasteiger partial charge in [-0.15, -0.1) is 6.42 Å². The molecule has 0 aliphatic rings. The summed E-state index contributed by atoms with van der Waals surface area (Å²) in [5.74, 6) is 1.95. The van der Waals surface area contributed by atoms with E-state index in [0.29, 0.717) is 11.4 Å². The van der Waals surface area contributed by atoms with Crippen LogP contribution in [0.25, 0.3) is 0 Å². The third-order valence-corrected chi connectivity index (χ3v) is 2.02. The van der Waals surface area contributed by atoms with Crippen LogP contribution in [0.15, 0.2) is 36.4 Å². The van der Waals surface area contributed by atoms with Gasteiger partial charge < -0.3 is 14.8 Å². The molecule has 5 nitrogen and oxygen atoms in total. The Morgan fingerprint density at radius 2 is 2.00 bits per heavy atom. The summed E-state index contributed by atoms with van der Waals surface area (Å²) in [7, 11) is 1.24. The molecule has 0 saturated carbocycles. The van der Waals surface area contributed by atoms with E-state index in [2.05, 4.69) is 16.0 Å². The van der Waals surface area contributed by atoms with Gasteiger partial charge in [0.25, 0.3) is 0 Å². The molecule has 0 unspecified atom stereocenters. The summed E-state index contributed by atoms with van der Waals surface area (Å²) in [4.78, 5) is 22.2. The maximum Gasteiger partial charge on any atom is 0.330 e. The lowest BCUT2D eigenvalue weighted by Crippen LogP contribution is -2.09. The molecule has 0 aliphatic carbocycles. The highest BCUT2D eigenvalue weighted by molar-refractivity contribution is 6.02. The summed E-state index contributed by atoms with van der Waals surface area (Å²) in [5.41, 5.74) is 0.576. The number of esters is 1. The average Bonchev–Trinajstić information content (AvgIpc) is 2.44. The number of hydrogen-bond donors (Lipinski definition) is 1. The van der Waals surface area contributed by atoms with Gasteiger partial charge in [0, 0.05) is 17.8 Å². The number of methoxy groups -OCH3 is 1.